The Kier molecular flexibility index (Phi) is 6.24. The van der Waals surface area contributed by atoms with Crippen molar-refractivity contribution in [1.29, 1.82) is 0 Å². The van der Waals surface area contributed by atoms with E-state index in [1.165, 1.54) is 11.0 Å². The van der Waals surface area contributed by atoms with Gasteiger partial charge < -0.3 is 10.2 Å². The summed E-state index contributed by atoms with van der Waals surface area (Å²) in [4.78, 5) is 28.2. The van der Waals surface area contributed by atoms with E-state index in [0.29, 0.717) is 17.0 Å². The van der Waals surface area contributed by atoms with Crippen LogP contribution in [0.15, 0.2) is 48.5 Å². The Balaban J connectivity index is 1.83. The summed E-state index contributed by atoms with van der Waals surface area (Å²) in [6.07, 6.45) is 0.496. The SMILES string of the molecule is CC(C)C[C@@]1(c2ccccc2)NC(=O)N(C[NH+](C)Cc2c(F)cccc2Cl)C1=O. The van der Waals surface area contributed by atoms with Gasteiger partial charge in [-0.2, -0.15) is 0 Å². The molecule has 29 heavy (non-hydrogen) atoms. The third-order valence-corrected chi connectivity index (χ3v) is 5.48. The molecule has 7 heteroatoms. The summed E-state index contributed by atoms with van der Waals surface area (Å²) in [6, 6.07) is 13.4. The second-order valence-electron chi connectivity index (χ2n) is 8.02. The van der Waals surface area contributed by atoms with Gasteiger partial charge in [0.25, 0.3) is 5.91 Å². The zero-order chi connectivity index (χ0) is 21.2. The average Bonchev–Trinajstić information content (AvgIpc) is 2.90. The number of quaternary nitrogens is 1. The number of benzene rings is 2. The molecule has 2 N–H and O–H groups in total. The van der Waals surface area contributed by atoms with Gasteiger partial charge in [-0.3, -0.25) is 4.79 Å². The molecule has 1 aliphatic heterocycles. The smallest absolute Gasteiger partial charge is 0.319 e. The molecule has 1 aliphatic rings. The van der Waals surface area contributed by atoms with Crippen LogP contribution in [0.3, 0.4) is 0 Å². The van der Waals surface area contributed by atoms with Gasteiger partial charge in [0.05, 0.1) is 17.6 Å². The lowest BCUT2D eigenvalue weighted by molar-refractivity contribution is -0.901. The molecule has 3 rings (SSSR count). The molecular weight excluding hydrogens is 393 g/mol. The van der Waals surface area contributed by atoms with E-state index < -0.39 is 17.4 Å². The molecule has 2 aromatic rings. The molecule has 0 aliphatic carbocycles. The van der Waals surface area contributed by atoms with Gasteiger partial charge in [-0.15, -0.1) is 0 Å². The van der Waals surface area contributed by atoms with Crippen LogP contribution in [0, 0.1) is 11.7 Å². The predicted molar refractivity (Wildman–Crippen MR) is 110 cm³/mol. The molecule has 0 saturated carbocycles. The first kappa shape index (κ1) is 21.3. The number of carbonyl (C=O) groups excluding carboxylic acids is 2. The van der Waals surface area contributed by atoms with Crippen LogP contribution in [-0.4, -0.2) is 30.6 Å². The highest BCUT2D eigenvalue weighted by Crippen LogP contribution is 2.34. The zero-order valence-corrected chi connectivity index (χ0v) is 17.6. The topological polar surface area (TPSA) is 53.9 Å². The summed E-state index contributed by atoms with van der Waals surface area (Å²) in [5.74, 6) is -0.476. The number of nitrogens with zero attached hydrogens (tertiary/aromatic N) is 1. The van der Waals surface area contributed by atoms with E-state index in [1.54, 1.807) is 19.2 Å². The van der Waals surface area contributed by atoms with Gasteiger partial charge in [0, 0.05) is 0 Å². The summed E-state index contributed by atoms with van der Waals surface area (Å²) in [5.41, 5.74) is 0.0576. The maximum Gasteiger partial charge on any atom is 0.329 e. The van der Waals surface area contributed by atoms with Crippen LogP contribution in [0.5, 0.6) is 0 Å². The maximum atomic E-state index is 14.1. The van der Waals surface area contributed by atoms with Gasteiger partial charge in [-0.25, -0.2) is 14.1 Å². The van der Waals surface area contributed by atoms with Crippen molar-refractivity contribution in [2.45, 2.75) is 32.4 Å². The van der Waals surface area contributed by atoms with Crippen molar-refractivity contribution in [2.24, 2.45) is 5.92 Å². The number of hydrogen-bond donors (Lipinski definition) is 2. The molecule has 1 heterocycles. The molecular formula is C22H26ClFN3O2+. The Morgan fingerprint density at radius 3 is 2.45 bits per heavy atom. The summed E-state index contributed by atoms with van der Waals surface area (Å²) in [7, 11) is 1.80. The van der Waals surface area contributed by atoms with Gasteiger partial charge in [-0.05, 0) is 30.0 Å². The monoisotopic (exact) mass is 418 g/mol. The Morgan fingerprint density at radius 2 is 1.83 bits per heavy atom. The first-order valence-corrected chi connectivity index (χ1v) is 10.1. The number of carbonyl (C=O) groups is 2. The van der Waals surface area contributed by atoms with E-state index in [9.17, 15) is 14.0 Å². The summed E-state index contributed by atoms with van der Waals surface area (Å²) < 4.78 is 14.1. The van der Waals surface area contributed by atoms with Crippen molar-refractivity contribution >= 4 is 23.5 Å². The van der Waals surface area contributed by atoms with Crippen LogP contribution in [0.25, 0.3) is 0 Å². The summed E-state index contributed by atoms with van der Waals surface area (Å²) in [5, 5.41) is 3.26. The molecule has 0 radical (unpaired) electrons. The van der Waals surface area contributed by atoms with E-state index in [4.69, 9.17) is 11.6 Å². The van der Waals surface area contributed by atoms with Crippen molar-refractivity contribution < 1.29 is 18.9 Å². The van der Waals surface area contributed by atoms with Crippen molar-refractivity contribution in [3.8, 4) is 0 Å². The first-order chi connectivity index (χ1) is 13.7. The number of imide groups is 1. The molecule has 0 spiro atoms. The molecule has 1 unspecified atom stereocenters. The van der Waals surface area contributed by atoms with Gasteiger partial charge in [0.2, 0.25) is 0 Å². The van der Waals surface area contributed by atoms with Crippen LogP contribution < -0.4 is 10.2 Å². The number of nitrogens with one attached hydrogen (secondary N) is 2. The van der Waals surface area contributed by atoms with Gasteiger partial charge in [0.1, 0.15) is 17.9 Å². The molecule has 1 saturated heterocycles. The van der Waals surface area contributed by atoms with Crippen molar-refractivity contribution in [3.05, 3.63) is 70.5 Å². The number of hydrogen-bond acceptors (Lipinski definition) is 2. The number of rotatable bonds is 7. The molecule has 3 amide bonds. The van der Waals surface area contributed by atoms with Crippen molar-refractivity contribution in [3.63, 3.8) is 0 Å². The minimum atomic E-state index is -1.08. The lowest BCUT2D eigenvalue weighted by Crippen LogP contribution is -3.09. The Hall–Kier alpha value is -2.44. The van der Waals surface area contributed by atoms with Crippen LogP contribution >= 0.6 is 11.6 Å². The second-order valence-corrected chi connectivity index (χ2v) is 8.43. The highest BCUT2D eigenvalue weighted by molar-refractivity contribution is 6.31. The standard InChI is InChI=1S/C22H25ClFN3O2/c1-15(2)12-22(16-8-5-4-6-9-16)20(28)27(21(29)25-22)14-26(3)13-17-18(23)10-7-11-19(17)24/h4-11,15H,12-14H2,1-3H3,(H,25,29)/p+1/t22-/m0/s1. The third-order valence-electron chi connectivity index (χ3n) is 5.13. The number of halogens is 2. The second kappa shape index (κ2) is 8.51. The summed E-state index contributed by atoms with van der Waals surface area (Å²) in [6.45, 7) is 4.40. The molecule has 2 atom stereocenters. The van der Waals surface area contributed by atoms with Gasteiger partial charge >= 0.3 is 6.03 Å². The molecule has 0 bridgehead atoms. The van der Waals surface area contributed by atoms with Gasteiger partial charge in [-0.1, -0.05) is 61.8 Å². The summed E-state index contributed by atoms with van der Waals surface area (Å²) >= 11 is 6.12. The van der Waals surface area contributed by atoms with E-state index >= 15 is 0 Å². The minimum Gasteiger partial charge on any atom is -0.319 e. The normalized spacial score (nSPS) is 20.3. The number of urea groups is 1. The first-order valence-electron chi connectivity index (χ1n) is 9.68. The molecule has 2 aromatic carbocycles. The Labute approximate surface area is 175 Å². The predicted octanol–water partition coefficient (Wildman–Crippen LogP) is 2.94. The fourth-order valence-electron chi connectivity index (χ4n) is 3.89. The lowest BCUT2D eigenvalue weighted by atomic mass is 9.82. The minimum absolute atomic E-state index is 0.113. The van der Waals surface area contributed by atoms with E-state index in [-0.39, 0.29) is 25.0 Å². The quantitative estimate of drug-likeness (QED) is 0.679. The number of amides is 3. The van der Waals surface area contributed by atoms with Crippen LogP contribution in [0.4, 0.5) is 9.18 Å². The van der Waals surface area contributed by atoms with E-state index in [0.717, 1.165) is 10.5 Å². The third kappa shape index (κ3) is 4.28. The van der Waals surface area contributed by atoms with Crippen molar-refractivity contribution in [1.82, 2.24) is 10.2 Å². The van der Waals surface area contributed by atoms with Crippen LogP contribution in [0.2, 0.25) is 5.02 Å². The maximum absolute atomic E-state index is 14.1. The lowest BCUT2D eigenvalue weighted by Gasteiger charge is -2.29. The Bertz CT molecular complexity index is 886. The van der Waals surface area contributed by atoms with E-state index in [2.05, 4.69) is 5.32 Å². The van der Waals surface area contributed by atoms with Crippen molar-refractivity contribution in [2.75, 3.05) is 13.7 Å². The van der Waals surface area contributed by atoms with Crippen LogP contribution in [-0.2, 0) is 16.9 Å². The highest BCUT2D eigenvalue weighted by Gasteiger charge is 2.53. The van der Waals surface area contributed by atoms with E-state index in [1.807, 2.05) is 44.2 Å². The average molecular weight is 419 g/mol. The highest BCUT2D eigenvalue weighted by atomic mass is 35.5. The molecule has 154 valence electrons. The largest absolute Gasteiger partial charge is 0.329 e. The Morgan fingerprint density at radius 1 is 1.14 bits per heavy atom. The molecule has 0 aromatic heterocycles. The fourth-order valence-corrected chi connectivity index (χ4v) is 4.12. The molecule has 1 fully saturated rings. The zero-order valence-electron chi connectivity index (χ0n) is 16.8. The van der Waals surface area contributed by atoms with Gasteiger partial charge in [0.15, 0.2) is 6.67 Å². The molecule has 5 nitrogen and oxygen atoms in total. The van der Waals surface area contributed by atoms with Crippen LogP contribution in [0.1, 0.15) is 31.4 Å². The fraction of sp³-hybridized carbons (Fsp3) is 0.364.